The van der Waals surface area contributed by atoms with Crippen LogP contribution in [0.4, 0.5) is 5.69 Å². The molecule has 0 unspecified atom stereocenters. The van der Waals surface area contributed by atoms with Gasteiger partial charge in [0.1, 0.15) is 0 Å². The summed E-state index contributed by atoms with van der Waals surface area (Å²) in [6.07, 6.45) is 2.98. The zero-order valence-corrected chi connectivity index (χ0v) is 11.6. The van der Waals surface area contributed by atoms with Crippen LogP contribution in [0.15, 0.2) is 35.7 Å². The number of rotatable bonds is 4. The molecule has 0 fully saturated rings. The number of carbonyl (C=O) groups excluding carboxylic acids is 2. The molecule has 1 aromatic heterocycles. The maximum atomic E-state index is 11.8. The van der Waals surface area contributed by atoms with E-state index in [1.54, 1.807) is 30.3 Å². The van der Waals surface area contributed by atoms with Crippen molar-refractivity contribution in [2.75, 3.05) is 5.32 Å². The van der Waals surface area contributed by atoms with Crippen LogP contribution >= 0.6 is 11.3 Å². The van der Waals surface area contributed by atoms with E-state index in [0.29, 0.717) is 5.69 Å². The van der Waals surface area contributed by atoms with Gasteiger partial charge in [0.2, 0.25) is 5.91 Å². The number of nitrogens with zero attached hydrogens (tertiary/aromatic N) is 1. The van der Waals surface area contributed by atoms with Crippen molar-refractivity contribution in [2.24, 2.45) is 5.73 Å². The molecule has 0 saturated heterocycles. The van der Waals surface area contributed by atoms with Crippen molar-refractivity contribution in [3.63, 3.8) is 0 Å². The number of thiazole rings is 1. The van der Waals surface area contributed by atoms with Crippen molar-refractivity contribution in [3.8, 4) is 0 Å². The number of amides is 2. The van der Waals surface area contributed by atoms with Crippen molar-refractivity contribution in [1.29, 1.82) is 0 Å². The molecule has 0 aliphatic heterocycles. The molecule has 20 heavy (non-hydrogen) atoms. The topological polar surface area (TPSA) is 85.1 Å². The van der Waals surface area contributed by atoms with E-state index >= 15 is 0 Å². The second-order valence-corrected chi connectivity index (χ2v) is 5.09. The lowest BCUT2D eigenvalue weighted by Gasteiger charge is -2.06. The van der Waals surface area contributed by atoms with Gasteiger partial charge in [0.25, 0.3) is 5.91 Å². The number of nitrogens with one attached hydrogen (secondary N) is 1. The number of para-hydroxylation sites is 1. The Morgan fingerprint density at radius 2 is 2.10 bits per heavy atom. The fourth-order valence-electron chi connectivity index (χ4n) is 1.60. The number of carbonyl (C=O) groups is 2. The molecule has 0 atom stereocenters. The molecule has 2 aromatic rings. The van der Waals surface area contributed by atoms with Gasteiger partial charge in [0, 0.05) is 11.5 Å². The molecule has 0 aliphatic carbocycles. The molecule has 2 amide bonds. The van der Waals surface area contributed by atoms with Crippen LogP contribution in [0.2, 0.25) is 0 Å². The van der Waals surface area contributed by atoms with Gasteiger partial charge in [-0.1, -0.05) is 12.1 Å². The van der Waals surface area contributed by atoms with E-state index in [0.717, 1.165) is 10.7 Å². The molecule has 1 aromatic carbocycles. The lowest BCUT2D eigenvalue weighted by atomic mass is 10.1. The maximum absolute atomic E-state index is 11.8. The summed E-state index contributed by atoms with van der Waals surface area (Å²) in [4.78, 5) is 27.2. The molecule has 5 nitrogen and oxygen atoms in total. The number of nitrogens with two attached hydrogens (primary N) is 1. The summed E-state index contributed by atoms with van der Waals surface area (Å²) in [6, 6.07) is 6.59. The molecule has 2 rings (SSSR count). The van der Waals surface area contributed by atoms with E-state index in [9.17, 15) is 9.59 Å². The number of aryl methyl sites for hydroxylation is 1. The van der Waals surface area contributed by atoms with E-state index < -0.39 is 5.91 Å². The summed E-state index contributed by atoms with van der Waals surface area (Å²) in [5.74, 6) is -0.927. The molecule has 0 saturated carbocycles. The summed E-state index contributed by atoms with van der Waals surface area (Å²) in [6.45, 7) is 1.89. The van der Waals surface area contributed by atoms with Crippen molar-refractivity contribution >= 4 is 34.9 Å². The van der Waals surface area contributed by atoms with Crippen LogP contribution in [0.5, 0.6) is 0 Å². The molecule has 0 spiro atoms. The fourth-order valence-corrected chi connectivity index (χ4v) is 2.18. The highest BCUT2D eigenvalue weighted by Crippen LogP contribution is 2.14. The first kappa shape index (κ1) is 14.0. The average Bonchev–Trinajstić information content (AvgIpc) is 2.83. The minimum absolute atomic E-state index is 0.277. The molecular formula is C14H13N3O2S. The Bertz CT molecular complexity index is 677. The van der Waals surface area contributed by atoms with Crippen molar-refractivity contribution < 1.29 is 9.59 Å². The zero-order chi connectivity index (χ0) is 14.5. The van der Waals surface area contributed by atoms with Crippen LogP contribution < -0.4 is 11.1 Å². The minimum atomic E-state index is -0.583. The zero-order valence-electron chi connectivity index (χ0n) is 10.8. The van der Waals surface area contributed by atoms with Gasteiger partial charge < -0.3 is 11.1 Å². The molecule has 6 heteroatoms. The fraction of sp³-hybridized carbons (Fsp3) is 0.0714. The lowest BCUT2D eigenvalue weighted by Crippen LogP contribution is -2.16. The van der Waals surface area contributed by atoms with E-state index in [2.05, 4.69) is 10.3 Å². The predicted octanol–water partition coefficient (Wildman–Crippen LogP) is 2.20. The third kappa shape index (κ3) is 3.52. The van der Waals surface area contributed by atoms with Crippen LogP contribution in [0.3, 0.4) is 0 Å². The van der Waals surface area contributed by atoms with Gasteiger partial charge in [-0.05, 0) is 25.1 Å². The number of hydrogen-bond acceptors (Lipinski definition) is 4. The average molecular weight is 287 g/mol. The summed E-state index contributed by atoms with van der Waals surface area (Å²) in [5, 5.41) is 5.41. The summed E-state index contributed by atoms with van der Waals surface area (Å²) in [5.41, 5.74) is 6.64. The van der Waals surface area contributed by atoms with Gasteiger partial charge >= 0.3 is 0 Å². The Morgan fingerprint density at radius 1 is 1.35 bits per heavy atom. The standard InChI is InChI=1S/C14H13N3O2S/c1-9-16-10(8-20-9)6-7-13(18)17-12-5-3-2-4-11(12)14(15)19/h2-8H,1H3,(H2,15,19)(H,17,18)/b7-6+. The van der Waals surface area contributed by atoms with E-state index in [-0.39, 0.29) is 11.5 Å². The van der Waals surface area contributed by atoms with Gasteiger partial charge in [0.15, 0.2) is 0 Å². The molecule has 1 heterocycles. The first-order chi connectivity index (χ1) is 9.56. The minimum Gasteiger partial charge on any atom is -0.366 e. The van der Waals surface area contributed by atoms with Gasteiger partial charge in [-0.15, -0.1) is 11.3 Å². The summed E-state index contributed by atoms with van der Waals surface area (Å²) < 4.78 is 0. The number of benzene rings is 1. The molecule has 0 bridgehead atoms. The second kappa shape index (κ2) is 6.12. The van der Waals surface area contributed by atoms with Crippen molar-refractivity contribution in [1.82, 2.24) is 4.98 Å². The first-order valence-electron chi connectivity index (χ1n) is 5.86. The number of anilines is 1. The first-order valence-corrected chi connectivity index (χ1v) is 6.74. The highest BCUT2D eigenvalue weighted by atomic mass is 32.1. The summed E-state index contributed by atoms with van der Waals surface area (Å²) >= 11 is 1.51. The molecular weight excluding hydrogens is 274 g/mol. The van der Waals surface area contributed by atoms with Crippen LogP contribution in [0.25, 0.3) is 6.08 Å². The summed E-state index contributed by atoms with van der Waals surface area (Å²) in [7, 11) is 0. The van der Waals surface area contributed by atoms with Crippen LogP contribution in [0.1, 0.15) is 21.1 Å². The van der Waals surface area contributed by atoms with Crippen LogP contribution in [-0.2, 0) is 4.79 Å². The van der Waals surface area contributed by atoms with E-state index in [1.807, 2.05) is 12.3 Å². The Hall–Kier alpha value is -2.47. The van der Waals surface area contributed by atoms with E-state index in [1.165, 1.54) is 17.4 Å². The van der Waals surface area contributed by atoms with Gasteiger partial charge in [-0.3, -0.25) is 9.59 Å². The Kier molecular flexibility index (Phi) is 4.27. The molecule has 0 aliphatic rings. The van der Waals surface area contributed by atoms with Crippen LogP contribution in [0, 0.1) is 6.92 Å². The van der Waals surface area contributed by atoms with Crippen molar-refractivity contribution in [2.45, 2.75) is 6.92 Å². The quantitative estimate of drug-likeness (QED) is 0.845. The van der Waals surface area contributed by atoms with Gasteiger partial charge in [-0.2, -0.15) is 0 Å². The highest BCUT2D eigenvalue weighted by Gasteiger charge is 2.08. The maximum Gasteiger partial charge on any atom is 0.250 e. The third-order valence-electron chi connectivity index (χ3n) is 2.49. The number of aromatic nitrogens is 1. The van der Waals surface area contributed by atoms with Crippen LogP contribution in [-0.4, -0.2) is 16.8 Å². The smallest absolute Gasteiger partial charge is 0.250 e. The molecule has 102 valence electrons. The molecule has 3 N–H and O–H groups in total. The monoisotopic (exact) mass is 287 g/mol. The highest BCUT2D eigenvalue weighted by molar-refractivity contribution is 7.09. The number of primary amides is 1. The number of hydrogen-bond donors (Lipinski definition) is 2. The molecule has 0 radical (unpaired) electrons. The van der Waals surface area contributed by atoms with Crippen molar-refractivity contribution in [3.05, 3.63) is 52.0 Å². The van der Waals surface area contributed by atoms with E-state index in [4.69, 9.17) is 5.73 Å². The Labute approximate surface area is 120 Å². The largest absolute Gasteiger partial charge is 0.366 e. The van der Waals surface area contributed by atoms with Gasteiger partial charge in [0.05, 0.1) is 22.0 Å². The normalized spacial score (nSPS) is 10.7. The predicted molar refractivity (Wildman–Crippen MR) is 79.5 cm³/mol. The second-order valence-electron chi connectivity index (χ2n) is 4.02. The third-order valence-corrected chi connectivity index (χ3v) is 3.28. The SMILES string of the molecule is Cc1nc(/C=C/C(=O)Nc2ccccc2C(N)=O)cs1. The lowest BCUT2D eigenvalue weighted by molar-refractivity contribution is -0.111. The Balaban J connectivity index is 2.09. The van der Waals surface area contributed by atoms with Gasteiger partial charge in [-0.25, -0.2) is 4.98 Å². The Morgan fingerprint density at radius 3 is 2.75 bits per heavy atom.